The van der Waals surface area contributed by atoms with Crippen LogP contribution in [0.2, 0.25) is 0 Å². The molecular weight excluding hydrogens is 401 g/mol. The second-order valence-corrected chi connectivity index (χ2v) is 7.81. The molecule has 0 aromatic heterocycles. The molecular formula is C21H23F3N2O2S. The molecule has 0 amide bonds. The number of hydrogen-bond donors (Lipinski definition) is 2. The first-order valence-electron chi connectivity index (χ1n) is 9.55. The molecule has 1 saturated heterocycles. The van der Waals surface area contributed by atoms with Gasteiger partial charge in [0.2, 0.25) is 0 Å². The third kappa shape index (κ3) is 5.18. The second kappa shape index (κ2) is 8.98. The number of aryl methyl sites for hydroxylation is 1. The molecule has 0 atom stereocenters. The van der Waals surface area contributed by atoms with Crippen LogP contribution in [-0.2, 0) is 12.6 Å². The number of carboxylic acid groups (broad SMARTS) is 1. The maximum atomic E-state index is 13.2. The van der Waals surface area contributed by atoms with Crippen LogP contribution in [0.3, 0.4) is 0 Å². The number of halogens is 3. The minimum Gasteiger partial charge on any atom is -0.478 e. The summed E-state index contributed by atoms with van der Waals surface area (Å²) in [5.74, 6) is -1.02. The number of aromatic carboxylic acids is 1. The summed E-state index contributed by atoms with van der Waals surface area (Å²) in [6.45, 7) is 3.40. The van der Waals surface area contributed by atoms with Crippen molar-refractivity contribution in [2.45, 2.75) is 43.7 Å². The molecule has 156 valence electrons. The standard InChI is InChI=1S/C21H23F3N2O2S/c1-2-14-6-7-15(20(27)28)12-19(14)29-25-17-9-8-16(21(22,23)24)13-18(17)26-10-4-3-5-11-26/h6-9,12-13,25H,2-5,10-11H2,1H3,(H,27,28). The van der Waals surface area contributed by atoms with E-state index in [0.717, 1.165) is 55.3 Å². The molecule has 1 heterocycles. The van der Waals surface area contributed by atoms with Crippen molar-refractivity contribution < 1.29 is 23.1 Å². The average Bonchev–Trinajstić information content (AvgIpc) is 2.71. The minimum atomic E-state index is -4.40. The van der Waals surface area contributed by atoms with Gasteiger partial charge in [-0.05, 0) is 73.5 Å². The molecule has 0 bridgehead atoms. The van der Waals surface area contributed by atoms with Crippen LogP contribution >= 0.6 is 11.9 Å². The van der Waals surface area contributed by atoms with Crippen molar-refractivity contribution in [3.8, 4) is 0 Å². The number of benzene rings is 2. The number of rotatable bonds is 6. The smallest absolute Gasteiger partial charge is 0.416 e. The fourth-order valence-electron chi connectivity index (χ4n) is 3.38. The number of alkyl halides is 3. The van der Waals surface area contributed by atoms with Crippen LogP contribution in [0.25, 0.3) is 0 Å². The number of anilines is 2. The highest BCUT2D eigenvalue weighted by Gasteiger charge is 2.32. The van der Waals surface area contributed by atoms with Gasteiger partial charge in [0.1, 0.15) is 0 Å². The minimum absolute atomic E-state index is 0.176. The quantitative estimate of drug-likeness (QED) is 0.551. The molecule has 0 spiro atoms. The highest BCUT2D eigenvalue weighted by atomic mass is 32.2. The fraction of sp³-hybridized carbons (Fsp3) is 0.381. The van der Waals surface area contributed by atoms with E-state index in [9.17, 15) is 23.1 Å². The lowest BCUT2D eigenvalue weighted by Crippen LogP contribution is -2.30. The van der Waals surface area contributed by atoms with Gasteiger partial charge >= 0.3 is 12.1 Å². The number of piperidine rings is 1. The molecule has 0 saturated carbocycles. The van der Waals surface area contributed by atoms with Crippen molar-refractivity contribution in [1.82, 2.24) is 0 Å². The highest BCUT2D eigenvalue weighted by molar-refractivity contribution is 8.00. The van der Waals surface area contributed by atoms with Gasteiger partial charge in [-0.3, -0.25) is 0 Å². The average molecular weight is 424 g/mol. The maximum absolute atomic E-state index is 13.2. The van der Waals surface area contributed by atoms with E-state index in [1.165, 1.54) is 24.1 Å². The topological polar surface area (TPSA) is 52.6 Å². The van der Waals surface area contributed by atoms with E-state index in [2.05, 4.69) is 4.72 Å². The van der Waals surface area contributed by atoms with Crippen LogP contribution < -0.4 is 9.62 Å². The Morgan fingerprint density at radius 1 is 1.14 bits per heavy atom. The van der Waals surface area contributed by atoms with Gasteiger partial charge in [0.25, 0.3) is 0 Å². The van der Waals surface area contributed by atoms with Crippen molar-refractivity contribution in [3.05, 3.63) is 53.1 Å². The van der Waals surface area contributed by atoms with Gasteiger partial charge in [-0.2, -0.15) is 13.2 Å². The molecule has 29 heavy (non-hydrogen) atoms. The van der Waals surface area contributed by atoms with E-state index < -0.39 is 17.7 Å². The molecule has 8 heteroatoms. The lowest BCUT2D eigenvalue weighted by atomic mass is 10.1. The molecule has 1 aliphatic heterocycles. The molecule has 0 unspecified atom stereocenters. The highest BCUT2D eigenvalue weighted by Crippen LogP contribution is 2.38. The van der Waals surface area contributed by atoms with Crippen LogP contribution in [-0.4, -0.2) is 24.2 Å². The van der Waals surface area contributed by atoms with Gasteiger partial charge in [0.15, 0.2) is 0 Å². The van der Waals surface area contributed by atoms with Crippen LogP contribution in [0, 0.1) is 0 Å². The molecule has 3 rings (SSSR count). The summed E-state index contributed by atoms with van der Waals surface area (Å²) >= 11 is 1.23. The van der Waals surface area contributed by atoms with Crippen molar-refractivity contribution >= 4 is 29.3 Å². The largest absolute Gasteiger partial charge is 0.478 e. The zero-order valence-electron chi connectivity index (χ0n) is 16.1. The van der Waals surface area contributed by atoms with Crippen molar-refractivity contribution in [1.29, 1.82) is 0 Å². The summed E-state index contributed by atoms with van der Waals surface area (Å²) in [7, 11) is 0. The molecule has 1 aliphatic rings. The Balaban J connectivity index is 1.90. The lowest BCUT2D eigenvalue weighted by Gasteiger charge is -2.31. The predicted octanol–water partition coefficient (Wildman–Crippen LogP) is 6.08. The number of hydrogen-bond acceptors (Lipinski definition) is 4. The number of nitrogens with zero attached hydrogens (tertiary/aromatic N) is 1. The Hall–Kier alpha value is -2.35. The van der Waals surface area contributed by atoms with E-state index in [0.29, 0.717) is 11.4 Å². The zero-order valence-corrected chi connectivity index (χ0v) is 16.9. The maximum Gasteiger partial charge on any atom is 0.416 e. The summed E-state index contributed by atoms with van der Waals surface area (Å²) < 4.78 is 42.9. The van der Waals surface area contributed by atoms with Gasteiger partial charge in [-0.25, -0.2) is 4.79 Å². The summed E-state index contributed by atoms with van der Waals surface area (Å²) in [4.78, 5) is 14.0. The van der Waals surface area contributed by atoms with Crippen molar-refractivity contribution in [3.63, 3.8) is 0 Å². The van der Waals surface area contributed by atoms with E-state index in [1.54, 1.807) is 18.2 Å². The Kier molecular flexibility index (Phi) is 6.62. The first-order valence-corrected chi connectivity index (χ1v) is 10.4. The molecule has 0 aliphatic carbocycles. The fourth-order valence-corrected chi connectivity index (χ4v) is 4.30. The summed E-state index contributed by atoms with van der Waals surface area (Å²) in [6, 6.07) is 8.64. The Labute approximate surface area is 172 Å². The van der Waals surface area contributed by atoms with E-state index in [4.69, 9.17) is 0 Å². The number of carboxylic acids is 1. The summed E-state index contributed by atoms with van der Waals surface area (Å²) in [6.07, 6.45) is -0.709. The molecule has 2 N–H and O–H groups in total. The van der Waals surface area contributed by atoms with E-state index >= 15 is 0 Å². The van der Waals surface area contributed by atoms with Crippen LogP contribution in [0.1, 0.15) is 47.7 Å². The summed E-state index contributed by atoms with van der Waals surface area (Å²) in [5.41, 5.74) is 1.59. The number of nitrogens with one attached hydrogen (secondary N) is 1. The SMILES string of the molecule is CCc1ccc(C(=O)O)cc1SNc1ccc(C(F)(F)F)cc1N1CCCCC1. The van der Waals surface area contributed by atoms with Crippen molar-refractivity contribution in [2.75, 3.05) is 22.7 Å². The van der Waals surface area contributed by atoms with Gasteiger partial charge in [-0.1, -0.05) is 13.0 Å². The molecule has 0 radical (unpaired) electrons. The zero-order chi connectivity index (χ0) is 21.0. The first-order chi connectivity index (χ1) is 13.8. The lowest BCUT2D eigenvalue weighted by molar-refractivity contribution is -0.137. The Morgan fingerprint density at radius 2 is 1.86 bits per heavy atom. The monoisotopic (exact) mass is 424 g/mol. The third-order valence-corrected chi connectivity index (χ3v) is 5.91. The van der Waals surface area contributed by atoms with Gasteiger partial charge in [-0.15, -0.1) is 0 Å². The molecule has 2 aromatic rings. The van der Waals surface area contributed by atoms with Gasteiger partial charge in [0.05, 0.1) is 22.5 Å². The second-order valence-electron chi connectivity index (χ2n) is 6.96. The van der Waals surface area contributed by atoms with Gasteiger partial charge < -0.3 is 14.7 Å². The summed E-state index contributed by atoms with van der Waals surface area (Å²) in [5, 5.41) is 9.24. The normalized spacial score (nSPS) is 14.7. The van der Waals surface area contributed by atoms with Crippen LogP contribution in [0.4, 0.5) is 24.5 Å². The van der Waals surface area contributed by atoms with Crippen molar-refractivity contribution in [2.24, 2.45) is 0 Å². The Morgan fingerprint density at radius 3 is 2.48 bits per heavy atom. The molecule has 2 aromatic carbocycles. The van der Waals surface area contributed by atoms with E-state index in [1.807, 2.05) is 11.8 Å². The first kappa shape index (κ1) is 21.4. The van der Waals surface area contributed by atoms with Crippen LogP contribution in [0.5, 0.6) is 0 Å². The molecule has 4 nitrogen and oxygen atoms in total. The van der Waals surface area contributed by atoms with Crippen LogP contribution in [0.15, 0.2) is 41.3 Å². The van der Waals surface area contributed by atoms with E-state index in [-0.39, 0.29) is 5.56 Å². The Bertz CT molecular complexity index is 881. The predicted molar refractivity (Wildman–Crippen MR) is 110 cm³/mol. The molecule has 1 fully saturated rings. The third-order valence-electron chi connectivity index (χ3n) is 4.99. The van der Waals surface area contributed by atoms with Gasteiger partial charge in [0, 0.05) is 18.0 Å². The number of carbonyl (C=O) groups is 1.